The van der Waals surface area contributed by atoms with Gasteiger partial charge in [0.1, 0.15) is 23.1 Å². The first-order chi connectivity index (χ1) is 12.0. The summed E-state index contributed by atoms with van der Waals surface area (Å²) < 4.78 is 5.25. The summed E-state index contributed by atoms with van der Waals surface area (Å²) in [6.45, 7) is 3.53. The lowest BCUT2D eigenvalue weighted by atomic mass is 10.2. The van der Waals surface area contributed by atoms with Crippen LogP contribution < -0.4 is 15.4 Å². The van der Waals surface area contributed by atoms with Crippen molar-refractivity contribution in [3.05, 3.63) is 41.9 Å². The Labute approximate surface area is 148 Å². The maximum atomic E-state index is 12.5. The zero-order valence-corrected chi connectivity index (χ0v) is 15.2. The van der Waals surface area contributed by atoms with E-state index >= 15 is 0 Å². The smallest absolute Gasteiger partial charge is 0.274 e. The maximum Gasteiger partial charge on any atom is 0.274 e. The van der Waals surface area contributed by atoms with Crippen LogP contribution in [-0.4, -0.2) is 55.1 Å². The highest BCUT2D eigenvalue weighted by Crippen LogP contribution is 2.23. The number of carbonyl (C=O) groups is 1. The van der Waals surface area contributed by atoms with Gasteiger partial charge in [0.05, 0.1) is 12.8 Å². The van der Waals surface area contributed by atoms with Crippen LogP contribution in [0.3, 0.4) is 0 Å². The highest BCUT2D eigenvalue weighted by molar-refractivity contribution is 6.04. The molecule has 0 saturated heterocycles. The number of para-hydroxylation sites is 2. The number of aryl methyl sites for hydroxylation is 1. The number of aromatic nitrogens is 2. The number of hydrogen-bond donors (Lipinski definition) is 2. The standard InChI is InChI=1S/C18H25N5O2/c1-13-20-15(12-17(21-13)19-10-7-11-23(2)3)18(24)22-14-8-5-6-9-16(14)25-4/h5-6,8-9,12H,7,10-11H2,1-4H3,(H,22,24)(H,19,20,21). The second-order valence-electron chi connectivity index (χ2n) is 5.92. The summed E-state index contributed by atoms with van der Waals surface area (Å²) in [6.07, 6.45) is 0.985. The molecule has 7 nitrogen and oxygen atoms in total. The van der Waals surface area contributed by atoms with Crippen molar-refractivity contribution >= 4 is 17.4 Å². The van der Waals surface area contributed by atoms with Gasteiger partial charge in [-0.15, -0.1) is 0 Å². The molecule has 0 aliphatic carbocycles. The SMILES string of the molecule is COc1ccccc1NC(=O)c1cc(NCCCN(C)C)nc(C)n1. The number of rotatable bonds is 8. The number of hydrogen-bond acceptors (Lipinski definition) is 6. The predicted molar refractivity (Wildman–Crippen MR) is 99.4 cm³/mol. The molecule has 0 unspecified atom stereocenters. The fourth-order valence-corrected chi connectivity index (χ4v) is 2.32. The number of nitrogens with zero attached hydrogens (tertiary/aromatic N) is 3. The second-order valence-corrected chi connectivity index (χ2v) is 5.92. The van der Waals surface area contributed by atoms with Gasteiger partial charge < -0.3 is 20.3 Å². The van der Waals surface area contributed by atoms with Crippen molar-refractivity contribution in [2.75, 3.05) is 44.9 Å². The van der Waals surface area contributed by atoms with Gasteiger partial charge in [-0.25, -0.2) is 9.97 Å². The Hall–Kier alpha value is -2.67. The fraction of sp³-hybridized carbons (Fsp3) is 0.389. The molecule has 1 aromatic heterocycles. The van der Waals surface area contributed by atoms with Gasteiger partial charge in [-0.2, -0.15) is 0 Å². The molecule has 0 fully saturated rings. The molecule has 25 heavy (non-hydrogen) atoms. The minimum absolute atomic E-state index is 0.300. The summed E-state index contributed by atoms with van der Waals surface area (Å²) in [4.78, 5) is 23.2. The van der Waals surface area contributed by atoms with Crippen LogP contribution in [0.5, 0.6) is 5.75 Å². The Morgan fingerprint density at radius 1 is 1.24 bits per heavy atom. The van der Waals surface area contributed by atoms with E-state index in [9.17, 15) is 4.79 Å². The molecule has 0 bridgehead atoms. The Morgan fingerprint density at radius 3 is 2.72 bits per heavy atom. The number of methoxy groups -OCH3 is 1. The molecule has 0 aliphatic rings. The predicted octanol–water partition coefficient (Wildman–Crippen LogP) is 2.41. The van der Waals surface area contributed by atoms with Crippen molar-refractivity contribution in [3.8, 4) is 5.75 Å². The van der Waals surface area contributed by atoms with E-state index in [0.717, 1.165) is 19.5 Å². The minimum atomic E-state index is -0.300. The van der Waals surface area contributed by atoms with Crippen LogP contribution in [0, 0.1) is 6.92 Å². The molecular formula is C18H25N5O2. The number of carbonyl (C=O) groups excluding carboxylic acids is 1. The zero-order chi connectivity index (χ0) is 18.2. The van der Waals surface area contributed by atoms with Crippen LogP contribution in [0.15, 0.2) is 30.3 Å². The summed E-state index contributed by atoms with van der Waals surface area (Å²) in [5.41, 5.74) is 0.917. The third-order valence-electron chi connectivity index (χ3n) is 3.51. The molecule has 7 heteroatoms. The number of amides is 1. The molecule has 2 rings (SSSR count). The highest BCUT2D eigenvalue weighted by Gasteiger charge is 2.13. The number of anilines is 2. The quantitative estimate of drug-likeness (QED) is 0.717. The molecule has 2 aromatic rings. The van der Waals surface area contributed by atoms with Crippen LogP contribution in [0.4, 0.5) is 11.5 Å². The summed E-state index contributed by atoms with van der Waals surface area (Å²) >= 11 is 0. The summed E-state index contributed by atoms with van der Waals surface area (Å²) in [5.74, 6) is 1.49. The normalized spacial score (nSPS) is 10.6. The highest BCUT2D eigenvalue weighted by atomic mass is 16.5. The zero-order valence-electron chi connectivity index (χ0n) is 15.2. The minimum Gasteiger partial charge on any atom is -0.495 e. The number of ether oxygens (including phenoxy) is 1. The molecule has 1 amide bonds. The van der Waals surface area contributed by atoms with Crippen molar-refractivity contribution in [1.29, 1.82) is 0 Å². The second kappa shape index (κ2) is 8.98. The lowest BCUT2D eigenvalue weighted by Crippen LogP contribution is -2.18. The van der Waals surface area contributed by atoms with Crippen LogP contribution in [0.1, 0.15) is 22.7 Å². The molecule has 0 saturated carbocycles. The van der Waals surface area contributed by atoms with E-state index in [2.05, 4.69) is 25.5 Å². The Balaban J connectivity index is 2.06. The fourth-order valence-electron chi connectivity index (χ4n) is 2.32. The first-order valence-electron chi connectivity index (χ1n) is 8.18. The van der Waals surface area contributed by atoms with E-state index in [1.54, 1.807) is 32.2 Å². The summed E-state index contributed by atoms with van der Waals surface area (Å²) in [7, 11) is 5.64. The van der Waals surface area contributed by atoms with Gasteiger partial charge in [0.15, 0.2) is 0 Å². The summed E-state index contributed by atoms with van der Waals surface area (Å²) in [5, 5.41) is 6.07. The number of nitrogens with one attached hydrogen (secondary N) is 2. The Bertz CT molecular complexity index is 718. The first kappa shape index (κ1) is 18.7. The lowest BCUT2D eigenvalue weighted by molar-refractivity contribution is 0.102. The molecule has 1 heterocycles. The average molecular weight is 343 g/mol. The maximum absolute atomic E-state index is 12.5. The molecular weight excluding hydrogens is 318 g/mol. The first-order valence-corrected chi connectivity index (χ1v) is 8.18. The van der Waals surface area contributed by atoms with Crippen molar-refractivity contribution in [1.82, 2.24) is 14.9 Å². The van der Waals surface area contributed by atoms with Gasteiger partial charge in [-0.05, 0) is 46.1 Å². The van der Waals surface area contributed by atoms with Gasteiger partial charge in [0.25, 0.3) is 5.91 Å². The monoisotopic (exact) mass is 343 g/mol. The number of benzene rings is 1. The van der Waals surface area contributed by atoms with E-state index in [0.29, 0.717) is 28.8 Å². The van der Waals surface area contributed by atoms with E-state index in [1.807, 2.05) is 26.2 Å². The van der Waals surface area contributed by atoms with E-state index in [4.69, 9.17) is 4.74 Å². The summed E-state index contributed by atoms with van der Waals surface area (Å²) in [6, 6.07) is 8.91. The van der Waals surface area contributed by atoms with E-state index < -0.39 is 0 Å². The van der Waals surface area contributed by atoms with E-state index in [-0.39, 0.29) is 5.91 Å². The topological polar surface area (TPSA) is 79.4 Å². The molecule has 1 aromatic carbocycles. The van der Waals surface area contributed by atoms with Crippen LogP contribution in [0.25, 0.3) is 0 Å². The Morgan fingerprint density at radius 2 is 2.00 bits per heavy atom. The molecule has 0 atom stereocenters. The average Bonchev–Trinajstić information content (AvgIpc) is 2.58. The third-order valence-corrected chi connectivity index (χ3v) is 3.51. The Kier molecular flexibility index (Phi) is 6.71. The van der Waals surface area contributed by atoms with Crippen molar-refractivity contribution in [3.63, 3.8) is 0 Å². The van der Waals surface area contributed by atoms with Crippen molar-refractivity contribution in [2.24, 2.45) is 0 Å². The van der Waals surface area contributed by atoms with Crippen LogP contribution in [-0.2, 0) is 0 Å². The van der Waals surface area contributed by atoms with Gasteiger partial charge in [-0.1, -0.05) is 12.1 Å². The molecule has 0 spiro atoms. The molecule has 2 N–H and O–H groups in total. The van der Waals surface area contributed by atoms with Crippen LogP contribution >= 0.6 is 0 Å². The molecule has 0 aliphatic heterocycles. The van der Waals surface area contributed by atoms with Gasteiger partial charge >= 0.3 is 0 Å². The lowest BCUT2D eigenvalue weighted by Gasteiger charge is -2.12. The van der Waals surface area contributed by atoms with Crippen molar-refractivity contribution in [2.45, 2.75) is 13.3 Å². The van der Waals surface area contributed by atoms with Gasteiger partial charge in [0.2, 0.25) is 0 Å². The van der Waals surface area contributed by atoms with Crippen molar-refractivity contribution < 1.29 is 9.53 Å². The van der Waals surface area contributed by atoms with Crippen LogP contribution in [0.2, 0.25) is 0 Å². The van der Waals surface area contributed by atoms with Gasteiger partial charge in [-0.3, -0.25) is 4.79 Å². The van der Waals surface area contributed by atoms with E-state index in [1.165, 1.54) is 0 Å². The third kappa shape index (κ3) is 5.72. The largest absolute Gasteiger partial charge is 0.495 e. The molecule has 0 radical (unpaired) electrons. The molecule has 134 valence electrons. The van der Waals surface area contributed by atoms with Gasteiger partial charge in [0, 0.05) is 12.6 Å².